The zero-order chi connectivity index (χ0) is 20.1. The fraction of sp³-hybridized carbons (Fsp3) is 0.444. The Hall–Kier alpha value is -2.75. The van der Waals surface area contributed by atoms with Gasteiger partial charge in [-0.1, -0.05) is 35.5 Å². The van der Waals surface area contributed by atoms with Crippen LogP contribution in [0.5, 0.6) is 0 Å². The summed E-state index contributed by atoms with van der Waals surface area (Å²) in [4.78, 5) is 30.2. The van der Waals surface area contributed by atoms with E-state index < -0.39 is 15.9 Å². The molecule has 1 N–H and O–H groups in total. The smallest absolute Gasteiger partial charge is 0.244 e. The van der Waals surface area contributed by atoms with Crippen LogP contribution in [0.4, 0.5) is 0 Å². The fourth-order valence-corrected chi connectivity index (χ4v) is 4.06. The summed E-state index contributed by atoms with van der Waals surface area (Å²) in [5.74, 6) is 0.117. The lowest BCUT2D eigenvalue weighted by molar-refractivity contribution is -0.135. The molecule has 28 heavy (non-hydrogen) atoms. The van der Waals surface area contributed by atoms with Crippen LogP contribution in [0.15, 0.2) is 34.9 Å². The first kappa shape index (κ1) is 20.0. The zero-order valence-corrected chi connectivity index (χ0v) is 16.3. The van der Waals surface area contributed by atoms with Gasteiger partial charge in [-0.25, -0.2) is 8.42 Å². The molecule has 1 fully saturated rings. The van der Waals surface area contributed by atoms with Gasteiger partial charge in [-0.15, -0.1) is 0 Å². The Morgan fingerprint density at radius 2 is 1.89 bits per heavy atom. The number of carbonyl (C=O) groups is 2. The number of hydrogen-bond donors (Lipinski definition) is 1. The molecule has 1 atom stereocenters. The van der Waals surface area contributed by atoms with Crippen LogP contribution in [-0.4, -0.2) is 65.9 Å². The molecule has 150 valence electrons. The van der Waals surface area contributed by atoms with Crippen molar-refractivity contribution in [3.05, 3.63) is 36.2 Å². The van der Waals surface area contributed by atoms with Gasteiger partial charge in [0.05, 0.1) is 11.5 Å². The first-order valence-electron chi connectivity index (χ1n) is 9.01. The number of aromatic nitrogens is 2. The van der Waals surface area contributed by atoms with Crippen molar-refractivity contribution < 1.29 is 22.5 Å². The summed E-state index contributed by atoms with van der Waals surface area (Å²) in [6.07, 6.45) is 0.358. The SMILES string of the molecule is CC(NC(=O)CCc1nc(-c2ccccc2)no1)C(=O)N1CCS(=O)(=O)CC1. The molecule has 1 saturated heterocycles. The van der Waals surface area contributed by atoms with E-state index in [9.17, 15) is 18.0 Å². The maximum absolute atomic E-state index is 12.4. The van der Waals surface area contributed by atoms with Crippen molar-refractivity contribution in [1.29, 1.82) is 0 Å². The zero-order valence-electron chi connectivity index (χ0n) is 15.5. The number of aryl methyl sites for hydroxylation is 1. The Balaban J connectivity index is 1.46. The van der Waals surface area contributed by atoms with Gasteiger partial charge in [-0.2, -0.15) is 4.98 Å². The van der Waals surface area contributed by atoms with E-state index in [2.05, 4.69) is 15.5 Å². The van der Waals surface area contributed by atoms with Crippen molar-refractivity contribution in [3.8, 4) is 11.4 Å². The number of nitrogens with one attached hydrogen (secondary N) is 1. The quantitative estimate of drug-likeness (QED) is 0.738. The van der Waals surface area contributed by atoms with Gasteiger partial charge >= 0.3 is 0 Å². The lowest BCUT2D eigenvalue weighted by Gasteiger charge is -2.29. The van der Waals surface area contributed by atoms with Gasteiger partial charge in [0.2, 0.25) is 23.5 Å². The molecule has 2 aromatic rings. The highest BCUT2D eigenvalue weighted by Gasteiger charge is 2.28. The van der Waals surface area contributed by atoms with Gasteiger partial charge < -0.3 is 14.7 Å². The van der Waals surface area contributed by atoms with Crippen LogP contribution in [0.25, 0.3) is 11.4 Å². The van der Waals surface area contributed by atoms with Crippen LogP contribution in [0.2, 0.25) is 0 Å². The summed E-state index contributed by atoms with van der Waals surface area (Å²) < 4.78 is 28.1. The minimum Gasteiger partial charge on any atom is -0.345 e. The number of nitrogens with zero attached hydrogens (tertiary/aromatic N) is 3. The minimum atomic E-state index is -3.06. The molecular formula is C18H22N4O5S. The molecule has 0 spiro atoms. The minimum absolute atomic E-state index is 0.0414. The fourth-order valence-electron chi connectivity index (χ4n) is 2.86. The van der Waals surface area contributed by atoms with Crippen molar-refractivity contribution in [2.24, 2.45) is 0 Å². The second-order valence-corrected chi connectivity index (χ2v) is 8.95. The molecule has 2 heterocycles. The normalized spacial score (nSPS) is 17.1. The van der Waals surface area contributed by atoms with E-state index in [-0.39, 0.29) is 49.3 Å². The van der Waals surface area contributed by atoms with Gasteiger partial charge in [-0.05, 0) is 6.92 Å². The summed E-state index contributed by atoms with van der Waals surface area (Å²) in [5.41, 5.74) is 0.824. The molecule has 10 heteroatoms. The maximum Gasteiger partial charge on any atom is 0.244 e. The maximum atomic E-state index is 12.4. The highest BCUT2D eigenvalue weighted by molar-refractivity contribution is 7.91. The highest BCUT2D eigenvalue weighted by Crippen LogP contribution is 2.15. The second kappa shape index (κ2) is 8.51. The predicted molar refractivity (Wildman–Crippen MR) is 101 cm³/mol. The number of carbonyl (C=O) groups excluding carboxylic acids is 2. The van der Waals surface area contributed by atoms with Crippen molar-refractivity contribution in [1.82, 2.24) is 20.4 Å². The molecule has 3 rings (SSSR count). The number of benzene rings is 1. The monoisotopic (exact) mass is 406 g/mol. The molecule has 1 unspecified atom stereocenters. The van der Waals surface area contributed by atoms with E-state index in [1.807, 2.05) is 30.3 Å². The second-order valence-electron chi connectivity index (χ2n) is 6.64. The lowest BCUT2D eigenvalue weighted by atomic mass is 10.2. The largest absolute Gasteiger partial charge is 0.345 e. The summed E-state index contributed by atoms with van der Waals surface area (Å²) in [6.45, 7) is 1.90. The van der Waals surface area contributed by atoms with Crippen molar-refractivity contribution in [2.75, 3.05) is 24.6 Å². The first-order valence-corrected chi connectivity index (χ1v) is 10.8. The van der Waals surface area contributed by atoms with Crippen molar-refractivity contribution in [3.63, 3.8) is 0 Å². The third kappa shape index (κ3) is 5.16. The summed E-state index contributed by atoms with van der Waals surface area (Å²) in [7, 11) is -3.06. The van der Waals surface area contributed by atoms with Gasteiger partial charge in [0.25, 0.3) is 0 Å². The summed E-state index contributed by atoms with van der Waals surface area (Å²) in [6, 6.07) is 8.63. The molecule has 9 nitrogen and oxygen atoms in total. The topological polar surface area (TPSA) is 122 Å². The van der Waals surface area contributed by atoms with Crippen LogP contribution in [-0.2, 0) is 25.8 Å². The molecular weight excluding hydrogens is 384 g/mol. The molecule has 2 amide bonds. The van der Waals surface area contributed by atoms with Crippen LogP contribution in [0.1, 0.15) is 19.2 Å². The number of amides is 2. The number of sulfone groups is 1. The van der Waals surface area contributed by atoms with Gasteiger partial charge in [0.15, 0.2) is 9.84 Å². The molecule has 1 aliphatic heterocycles. The van der Waals surface area contributed by atoms with E-state index in [1.54, 1.807) is 6.92 Å². The molecule has 0 saturated carbocycles. The third-order valence-corrected chi connectivity index (χ3v) is 6.08. The predicted octanol–water partition coefficient (Wildman–Crippen LogP) is 0.431. The Morgan fingerprint density at radius 3 is 2.57 bits per heavy atom. The number of hydrogen-bond acceptors (Lipinski definition) is 7. The molecule has 0 bridgehead atoms. The Labute approximate surface area is 163 Å². The average Bonchev–Trinajstić information content (AvgIpc) is 3.15. The van der Waals surface area contributed by atoms with E-state index in [4.69, 9.17) is 4.52 Å². The Bertz CT molecular complexity index is 928. The van der Waals surface area contributed by atoms with Gasteiger partial charge in [0.1, 0.15) is 6.04 Å². The van der Waals surface area contributed by atoms with E-state index in [0.717, 1.165) is 5.56 Å². The Morgan fingerprint density at radius 1 is 1.21 bits per heavy atom. The Kier molecular flexibility index (Phi) is 6.08. The van der Waals surface area contributed by atoms with Gasteiger partial charge in [-0.3, -0.25) is 9.59 Å². The molecule has 0 aliphatic carbocycles. The molecule has 1 aliphatic rings. The third-order valence-electron chi connectivity index (χ3n) is 4.47. The lowest BCUT2D eigenvalue weighted by Crippen LogP contribution is -2.51. The standard InChI is InChI=1S/C18H22N4O5S/c1-13(18(24)22-9-11-28(25,26)12-10-22)19-15(23)7-8-16-20-17(21-27-16)14-5-3-2-4-6-14/h2-6,13H,7-12H2,1H3,(H,19,23). The van der Waals surface area contributed by atoms with Gasteiger partial charge in [0, 0.05) is 31.5 Å². The van der Waals surface area contributed by atoms with E-state index >= 15 is 0 Å². The number of rotatable bonds is 6. The summed E-state index contributed by atoms with van der Waals surface area (Å²) in [5, 5.41) is 6.54. The van der Waals surface area contributed by atoms with Crippen molar-refractivity contribution in [2.45, 2.75) is 25.8 Å². The van der Waals surface area contributed by atoms with Crippen molar-refractivity contribution >= 4 is 21.7 Å². The van der Waals surface area contributed by atoms with E-state index in [1.165, 1.54) is 4.90 Å². The average molecular weight is 406 g/mol. The molecule has 1 aromatic carbocycles. The first-order chi connectivity index (χ1) is 13.3. The molecule has 1 aromatic heterocycles. The molecule has 0 radical (unpaired) electrons. The van der Waals surface area contributed by atoms with Crippen LogP contribution >= 0.6 is 0 Å². The highest BCUT2D eigenvalue weighted by atomic mass is 32.2. The summed E-state index contributed by atoms with van der Waals surface area (Å²) >= 11 is 0. The van der Waals surface area contributed by atoms with Crippen LogP contribution < -0.4 is 5.32 Å². The van der Waals surface area contributed by atoms with E-state index in [0.29, 0.717) is 11.7 Å². The van der Waals surface area contributed by atoms with Crippen LogP contribution in [0, 0.1) is 0 Å². The van der Waals surface area contributed by atoms with Crippen LogP contribution in [0.3, 0.4) is 0 Å².